The maximum absolute atomic E-state index is 12.9. The Morgan fingerprint density at radius 3 is 2.62 bits per heavy atom. The molecule has 4 aliphatic heterocycles. The molecule has 0 aliphatic carbocycles. The van der Waals surface area contributed by atoms with Crippen molar-refractivity contribution in [2.75, 3.05) is 45.9 Å². The fraction of sp³-hybridized carbons (Fsp3) is 0.600. The van der Waals surface area contributed by atoms with Gasteiger partial charge >= 0.3 is 0 Å². The van der Waals surface area contributed by atoms with Gasteiger partial charge in [-0.2, -0.15) is 0 Å². The molecule has 0 N–H and O–H groups in total. The van der Waals surface area contributed by atoms with Crippen molar-refractivity contribution < 1.29 is 14.3 Å². The lowest BCUT2D eigenvalue weighted by Gasteiger charge is -2.36. The number of hydrogen-bond acceptors (Lipinski definition) is 4. The largest absolute Gasteiger partial charge is 0.378 e. The molecule has 2 amide bonds. The number of amides is 2. The highest BCUT2D eigenvalue weighted by atomic mass is 16.5. The lowest BCUT2D eigenvalue weighted by Crippen LogP contribution is -2.48. The van der Waals surface area contributed by atoms with Crippen molar-refractivity contribution in [1.29, 1.82) is 0 Å². The second-order valence-electron chi connectivity index (χ2n) is 7.57. The van der Waals surface area contributed by atoms with Crippen LogP contribution in [-0.4, -0.2) is 78.5 Å². The second-order valence-corrected chi connectivity index (χ2v) is 7.57. The van der Waals surface area contributed by atoms with Crippen LogP contribution in [0.4, 0.5) is 0 Å². The van der Waals surface area contributed by atoms with Gasteiger partial charge in [-0.25, -0.2) is 0 Å². The van der Waals surface area contributed by atoms with E-state index in [2.05, 4.69) is 17.0 Å². The molecule has 5 rings (SSSR count). The Kier molecular flexibility index (Phi) is 5.22. The number of nitrogens with zero attached hydrogens (tertiary/aromatic N) is 3. The van der Waals surface area contributed by atoms with Gasteiger partial charge in [-0.3, -0.25) is 14.5 Å². The van der Waals surface area contributed by atoms with Gasteiger partial charge in [0.25, 0.3) is 0 Å². The highest BCUT2D eigenvalue weighted by Crippen LogP contribution is 2.30. The van der Waals surface area contributed by atoms with Crippen LogP contribution < -0.4 is 0 Å². The van der Waals surface area contributed by atoms with Crippen LogP contribution >= 0.6 is 0 Å². The second kappa shape index (κ2) is 7.76. The molecule has 0 saturated carbocycles. The normalized spacial score (nSPS) is 26.8. The van der Waals surface area contributed by atoms with E-state index in [0.717, 1.165) is 19.4 Å². The molecule has 4 saturated heterocycles. The van der Waals surface area contributed by atoms with E-state index in [9.17, 15) is 9.59 Å². The Labute approximate surface area is 154 Å². The third kappa shape index (κ3) is 3.76. The number of benzene rings is 1. The minimum absolute atomic E-state index is 0.0231. The summed E-state index contributed by atoms with van der Waals surface area (Å²) in [7, 11) is 0. The molecule has 140 valence electrons. The van der Waals surface area contributed by atoms with Gasteiger partial charge in [0.15, 0.2) is 0 Å². The van der Waals surface area contributed by atoms with Crippen molar-refractivity contribution in [1.82, 2.24) is 14.7 Å². The van der Waals surface area contributed by atoms with E-state index in [1.165, 1.54) is 5.56 Å². The summed E-state index contributed by atoms with van der Waals surface area (Å²) in [4.78, 5) is 31.7. The highest BCUT2D eigenvalue weighted by molar-refractivity contribution is 5.81. The first-order valence-electron chi connectivity index (χ1n) is 9.63. The number of fused-ring (bicyclic) bond motifs is 4. The standard InChI is InChI=1S/C20H27N3O3/c24-19(22-8-10-26-11-9-22)15-21-13-17-6-7-18(14-21)23(20(17)25)12-16-4-2-1-3-5-16/h1-5,17-18H,6-15H2/t17-,18+/m0/s1. The summed E-state index contributed by atoms with van der Waals surface area (Å²) in [5.74, 6) is 0.443. The fourth-order valence-electron chi connectivity index (χ4n) is 4.35. The van der Waals surface area contributed by atoms with Gasteiger partial charge in [0.1, 0.15) is 0 Å². The average Bonchev–Trinajstić information content (AvgIpc) is 2.95. The Hall–Kier alpha value is -1.92. The van der Waals surface area contributed by atoms with E-state index in [1.54, 1.807) is 0 Å². The van der Waals surface area contributed by atoms with Crippen LogP contribution in [0.15, 0.2) is 30.3 Å². The van der Waals surface area contributed by atoms with Crippen LogP contribution in [0.25, 0.3) is 0 Å². The highest BCUT2D eigenvalue weighted by Gasteiger charge is 2.41. The Morgan fingerprint density at radius 1 is 1.08 bits per heavy atom. The maximum Gasteiger partial charge on any atom is 0.236 e. The van der Waals surface area contributed by atoms with E-state index in [0.29, 0.717) is 45.9 Å². The number of rotatable bonds is 4. The molecule has 0 unspecified atom stereocenters. The molecule has 6 heteroatoms. The molecule has 2 atom stereocenters. The summed E-state index contributed by atoms with van der Waals surface area (Å²) in [5.41, 5.74) is 1.17. The summed E-state index contributed by atoms with van der Waals surface area (Å²) in [5, 5.41) is 0. The van der Waals surface area contributed by atoms with Crippen LogP contribution in [-0.2, 0) is 20.9 Å². The van der Waals surface area contributed by atoms with E-state index in [-0.39, 0.29) is 23.8 Å². The summed E-state index contributed by atoms with van der Waals surface area (Å²) in [6.45, 7) is 5.20. The predicted molar refractivity (Wildman–Crippen MR) is 97.3 cm³/mol. The average molecular weight is 357 g/mol. The Balaban J connectivity index is 1.42. The van der Waals surface area contributed by atoms with Crippen LogP contribution in [0.5, 0.6) is 0 Å². The smallest absolute Gasteiger partial charge is 0.236 e. The van der Waals surface area contributed by atoms with Crippen LogP contribution in [0, 0.1) is 5.92 Å². The first-order chi connectivity index (χ1) is 12.7. The number of carbonyl (C=O) groups excluding carboxylic acids is 2. The molecule has 1 aromatic rings. The van der Waals surface area contributed by atoms with Gasteiger partial charge in [-0.15, -0.1) is 0 Å². The molecule has 6 nitrogen and oxygen atoms in total. The maximum atomic E-state index is 12.9. The first kappa shape index (κ1) is 17.5. The van der Waals surface area contributed by atoms with Crippen molar-refractivity contribution in [2.24, 2.45) is 5.92 Å². The van der Waals surface area contributed by atoms with E-state index < -0.39 is 0 Å². The first-order valence-corrected chi connectivity index (χ1v) is 9.63. The van der Waals surface area contributed by atoms with Crippen LogP contribution in [0.2, 0.25) is 0 Å². The molecule has 2 bridgehead atoms. The van der Waals surface area contributed by atoms with E-state index in [1.807, 2.05) is 28.0 Å². The Morgan fingerprint density at radius 2 is 1.85 bits per heavy atom. The molecule has 4 fully saturated rings. The molecular formula is C20H27N3O3. The van der Waals surface area contributed by atoms with Gasteiger partial charge in [0.05, 0.1) is 25.7 Å². The molecule has 26 heavy (non-hydrogen) atoms. The predicted octanol–water partition coefficient (Wildman–Crippen LogP) is 0.968. The third-order valence-corrected chi connectivity index (χ3v) is 5.79. The summed E-state index contributed by atoms with van der Waals surface area (Å²) in [6.07, 6.45) is 1.97. The van der Waals surface area contributed by atoms with E-state index >= 15 is 0 Å². The lowest BCUT2D eigenvalue weighted by molar-refractivity contribution is -0.141. The lowest BCUT2D eigenvalue weighted by atomic mass is 9.93. The third-order valence-electron chi connectivity index (χ3n) is 5.79. The van der Waals surface area contributed by atoms with Crippen molar-refractivity contribution >= 4 is 11.8 Å². The fourth-order valence-corrected chi connectivity index (χ4v) is 4.35. The molecule has 4 aliphatic rings. The van der Waals surface area contributed by atoms with Gasteiger partial charge < -0.3 is 14.5 Å². The zero-order chi connectivity index (χ0) is 17.9. The molecule has 0 radical (unpaired) electrons. The summed E-state index contributed by atoms with van der Waals surface area (Å²) in [6, 6.07) is 10.4. The van der Waals surface area contributed by atoms with Crippen molar-refractivity contribution in [2.45, 2.75) is 25.4 Å². The number of morpholine rings is 1. The van der Waals surface area contributed by atoms with Gasteiger partial charge in [0.2, 0.25) is 11.8 Å². The van der Waals surface area contributed by atoms with Crippen LogP contribution in [0.1, 0.15) is 18.4 Å². The van der Waals surface area contributed by atoms with Gasteiger partial charge in [0, 0.05) is 38.8 Å². The SMILES string of the molecule is O=C(CN1C[C@@H]2CC[C@H](C1)N(Cc1ccccc1)C2=O)N1CCOCC1. The summed E-state index contributed by atoms with van der Waals surface area (Å²) >= 11 is 0. The van der Waals surface area contributed by atoms with Crippen molar-refractivity contribution in [3.63, 3.8) is 0 Å². The van der Waals surface area contributed by atoms with Crippen molar-refractivity contribution in [3.8, 4) is 0 Å². The molecule has 1 aromatic carbocycles. The minimum atomic E-state index is 0.0231. The Bertz CT molecular complexity index is 645. The molecule has 0 aromatic heterocycles. The topological polar surface area (TPSA) is 53.1 Å². The monoisotopic (exact) mass is 357 g/mol. The number of piperidine rings is 1. The van der Waals surface area contributed by atoms with E-state index in [4.69, 9.17) is 4.74 Å². The summed E-state index contributed by atoms with van der Waals surface area (Å²) < 4.78 is 5.33. The minimum Gasteiger partial charge on any atom is -0.378 e. The van der Waals surface area contributed by atoms with Crippen molar-refractivity contribution in [3.05, 3.63) is 35.9 Å². The molecular weight excluding hydrogens is 330 g/mol. The quantitative estimate of drug-likeness (QED) is 0.806. The number of ether oxygens (including phenoxy) is 1. The van der Waals surface area contributed by atoms with Gasteiger partial charge in [-0.1, -0.05) is 30.3 Å². The molecule has 4 heterocycles. The zero-order valence-corrected chi connectivity index (χ0v) is 15.2. The number of hydrogen-bond donors (Lipinski definition) is 0. The number of carbonyl (C=O) groups is 2. The van der Waals surface area contributed by atoms with Crippen LogP contribution in [0.3, 0.4) is 0 Å². The molecule has 0 spiro atoms. The zero-order valence-electron chi connectivity index (χ0n) is 15.2. The van der Waals surface area contributed by atoms with Gasteiger partial charge in [-0.05, 0) is 18.4 Å².